The van der Waals surface area contributed by atoms with E-state index in [1.54, 1.807) is 0 Å². The van der Waals surface area contributed by atoms with Crippen LogP contribution in [-0.4, -0.2) is 20.9 Å². The van der Waals surface area contributed by atoms with Crippen molar-refractivity contribution in [2.45, 2.75) is 0 Å². The Balaban J connectivity index is 1.97. The van der Waals surface area contributed by atoms with Crippen LogP contribution in [0, 0.1) is 0 Å². The summed E-state index contributed by atoms with van der Waals surface area (Å²) in [5, 5.41) is 0. The van der Waals surface area contributed by atoms with Crippen LogP contribution in [0.3, 0.4) is 0 Å². The summed E-state index contributed by atoms with van der Waals surface area (Å²) in [4.78, 5) is 0. The van der Waals surface area contributed by atoms with Crippen LogP contribution in [0.1, 0.15) is 5.56 Å². The maximum absolute atomic E-state index is 2.33. The first kappa shape index (κ1) is 10.5. The molecule has 0 saturated carbocycles. The molecule has 0 heterocycles. The second-order valence-electron chi connectivity index (χ2n) is 3.14. The standard InChI is InChI=1S/C14H12Te/c1-3-7-13(8-4-1)11-12-15-14-9-5-2-6-10-14/h1-12H/b12-11+. The summed E-state index contributed by atoms with van der Waals surface area (Å²) in [5.41, 5.74) is 1.29. The molecule has 0 N–H and O–H groups in total. The number of hydrogen-bond acceptors (Lipinski definition) is 0. The van der Waals surface area contributed by atoms with E-state index in [1.807, 2.05) is 6.07 Å². The predicted molar refractivity (Wildman–Crippen MR) is 67.3 cm³/mol. The van der Waals surface area contributed by atoms with Crippen molar-refractivity contribution in [1.82, 2.24) is 0 Å². The van der Waals surface area contributed by atoms with Gasteiger partial charge in [-0.25, -0.2) is 0 Å². The number of rotatable bonds is 3. The summed E-state index contributed by atoms with van der Waals surface area (Å²) in [6.07, 6.45) is 2.22. The number of hydrogen-bond donors (Lipinski definition) is 0. The van der Waals surface area contributed by atoms with Gasteiger partial charge >= 0.3 is 101 Å². The van der Waals surface area contributed by atoms with Crippen molar-refractivity contribution in [3.63, 3.8) is 0 Å². The average Bonchev–Trinajstić information content (AvgIpc) is 2.32. The second kappa shape index (κ2) is 5.75. The van der Waals surface area contributed by atoms with Crippen molar-refractivity contribution in [1.29, 1.82) is 0 Å². The molecule has 0 amide bonds. The van der Waals surface area contributed by atoms with E-state index in [1.165, 1.54) is 9.17 Å². The van der Waals surface area contributed by atoms with E-state index >= 15 is 0 Å². The van der Waals surface area contributed by atoms with Gasteiger partial charge in [0.15, 0.2) is 0 Å². The van der Waals surface area contributed by atoms with E-state index in [-0.39, 0.29) is 20.9 Å². The van der Waals surface area contributed by atoms with Gasteiger partial charge in [-0.15, -0.1) is 0 Å². The molecule has 0 fully saturated rings. The Morgan fingerprint density at radius 1 is 0.733 bits per heavy atom. The topological polar surface area (TPSA) is 0 Å². The Morgan fingerprint density at radius 3 is 2.00 bits per heavy atom. The van der Waals surface area contributed by atoms with Crippen LogP contribution < -0.4 is 3.61 Å². The molecule has 0 unspecified atom stereocenters. The van der Waals surface area contributed by atoms with Crippen molar-refractivity contribution in [3.8, 4) is 0 Å². The molecule has 0 radical (unpaired) electrons. The Kier molecular flexibility index (Phi) is 4.02. The van der Waals surface area contributed by atoms with E-state index in [0.29, 0.717) is 0 Å². The zero-order valence-electron chi connectivity index (χ0n) is 8.34. The molecule has 0 bridgehead atoms. The molecule has 0 spiro atoms. The molecule has 0 aliphatic rings. The first-order valence-electron chi connectivity index (χ1n) is 4.88. The fraction of sp³-hybridized carbons (Fsp3) is 0. The third kappa shape index (κ3) is 3.55. The van der Waals surface area contributed by atoms with E-state index in [9.17, 15) is 0 Å². The molecule has 0 nitrogen and oxygen atoms in total. The maximum atomic E-state index is 2.33. The van der Waals surface area contributed by atoms with Crippen LogP contribution >= 0.6 is 0 Å². The zero-order chi connectivity index (χ0) is 10.3. The first-order valence-corrected chi connectivity index (χ1v) is 7.39. The second-order valence-corrected chi connectivity index (χ2v) is 5.94. The van der Waals surface area contributed by atoms with E-state index in [0.717, 1.165) is 0 Å². The van der Waals surface area contributed by atoms with Crippen LogP contribution in [0.2, 0.25) is 0 Å². The van der Waals surface area contributed by atoms with Crippen molar-refractivity contribution in [2.24, 2.45) is 0 Å². The first-order chi connectivity index (χ1) is 7.45. The summed E-state index contributed by atoms with van der Waals surface area (Å²) in [6, 6.07) is 21.2. The van der Waals surface area contributed by atoms with Crippen molar-refractivity contribution in [2.75, 3.05) is 0 Å². The monoisotopic (exact) mass is 310 g/mol. The van der Waals surface area contributed by atoms with Gasteiger partial charge in [-0.05, 0) is 0 Å². The minimum absolute atomic E-state index is 0.157. The van der Waals surface area contributed by atoms with Crippen LogP contribution in [0.25, 0.3) is 6.08 Å². The molecule has 0 aromatic heterocycles. The SMILES string of the molecule is C(=C\c1ccccc1)/[Te]c1ccccc1. The van der Waals surface area contributed by atoms with E-state index < -0.39 is 0 Å². The van der Waals surface area contributed by atoms with Gasteiger partial charge in [-0.2, -0.15) is 0 Å². The Labute approximate surface area is 101 Å². The molecule has 0 saturated heterocycles. The van der Waals surface area contributed by atoms with Crippen LogP contribution in [0.4, 0.5) is 0 Å². The normalized spacial score (nSPS) is 10.7. The van der Waals surface area contributed by atoms with Gasteiger partial charge in [0.25, 0.3) is 0 Å². The summed E-state index contributed by atoms with van der Waals surface area (Å²) in [6.45, 7) is 0. The Bertz CT molecular complexity index is 418. The van der Waals surface area contributed by atoms with Crippen LogP contribution in [0.5, 0.6) is 0 Å². The Hall–Kier alpha value is -1.03. The van der Waals surface area contributed by atoms with Gasteiger partial charge < -0.3 is 0 Å². The molecule has 2 rings (SSSR count). The van der Waals surface area contributed by atoms with Gasteiger partial charge in [0.2, 0.25) is 0 Å². The fourth-order valence-electron chi connectivity index (χ4n) is 1.25. The van der Waals surface area contributed by atoms with E-state index in [2.05, 4.69) is 64.8 Å². The summed E-state index contributed by atoms with van der Waals surface area (Å²) in [7, 11) is 0. The van der Waals surface area contributed by atoms with Gasteiger partial charge in [-0.3, -0.25) is 0 Å². The molecule has 15 heavy (non-hydrogen) atoms. The third-order valence-corrected chi connectivity index (χ3v) is 4.34. The van der Waals surface area contributed by atoms with E-state index in [4.69, 9.17) is 0 Å². The van der Waals surface area contributed by atoms with Crippen LogP contribution in [-0.2, 0) is 0 Å². The summed E-state index contributed by atoms with van der Waals surface area (Å²) < 4.78 is 3.81. The quantitative estimate of drug-likeness (QED) is 0.765. The van der Waals surface area contributed by atoms with Gasteiger partial charge in [0.1, 0.15) is 0 Å². The molecule has 0 atom stereocenters. The molecule has 0 aliphatic carbocycles. The zero-order valence-corrected chi connectivity index (χ0v) is 10.7. The van der Waals surface area contributed by atoms with Crippen molar-refractivity contribution >= 4 is 30.6 Å². The molecule has 2 aromatic carbocycles. The molecular weight excluding hydrogens is 296 g/mol. The average molecular weight is 308 g/mol. The fourth-order valence-corrected chi connectivity index (χ4v) is 3.24. The van der Waals surface area contributed by atoms with Gasteiger partial charge in [-0.1, -0.05) is 0 Å². The molecule has 1 heteroatoms. The molecule has 0 aliphatic heterocycles. The Morgan fingerprint density at radius 2 is 1.33 bits per heavy atom. The minimum atomic E-state index is -0.157. The molecule has 74 valence electrons. The molecular formula is C14H12Te. The van der Waals surface area contributed by atoms with Crippen molar-refractivity contribution < 1.29 is 0 Å². The van der Waals surface area contributed by atoms with Gasteiger partial charge in [0.05, 0.1) is 0 Å². The molecule has 2 aromatic rings. The number of benzene rings is 2. The predicted octanol–water partition coefficient (Wildman–Crippen LogP) is 2.69. The third-order valence-electron chi connectivity index (χ3n) is 2.01. The van der Waals surface area contributed by atoms with Gasteiger partial charge in [0, 0.05) is 0 Å². The van der Waals surface area contributed by atoms with Crippen molar-refractivity contribution in [3.05, 3.63) is 70.4 Å². The summed E-state index contributed by atoms with van der Waals surface area (Å²) >= 11 is -0.157. The van der Waals surface area contributed by atoms with Crippen LogP contribution in [0.15, 0.2) is 64.8 Å². The summed E-state index contributed by atoms with van der Waals surface area (Å²) in [5.74, 6) is 0.